The van der Waals surface area contributed by atoms with Crippen molar-refractivity contribution in [3.63, 3.8) is 0 Å². The molecule has 0 heterocycles. The highest BCUT2D eigenvalue weighted by molar-refractivity contribution is 5.67. The average Bonchev–Trinajstić information content (AvgIpc) is 1.85. The lowest BCUT2D eigenvalue weighted by Crippen LogP contribution is -2.08. The Morgan fingerprint density at radius 1 is 1.45 bits per heavy atom. The molecule has 0 spiro atoms. The standard InChI is InChI=1S/C9H17O2/c1-4-7(2)5-8(3)6-9(10)11/h5,7-8H,4,6H2,1-3H3,(H,10,11). The molecule has 0 saturated heterocycles. The van der Waals surface area contributed by atoms with Crippen LogP contribution in [0.1, 0.15) is 33.6 Å². The topological polar surface area (TPSA) is 37.3 Å². The first kappa shape index (κ1) is 10.5. The third-order valence-electron chi connectivity index (χ3n) is 1.80. The van der Waals surface area contributed by atoms with Crippen molar-refractivity contribution in [3.05, 3.63) is 6.42 Å². The fourth-order valence-corrected chi connectivity index (χ4v) is 1.04. The summed E-state index contributed by atoms with van der Waals surface area (Å²) in [6, 6.07) is 0. The van der Waals surface area contributed by atoms with Gasteiger partial charge in [-0.3, -0.25) is 4.79 Å². The van der Waals surface area contributed by atoms with Crippen molar-refractivity contribution in [2.45, 2.75) is 33.6 Å². The van der Waals surface area contributed by atoms with Crippen LogP contribution >= 0.6 is 0 Å². The van der Waals surface area contributed by atoms with E-state index in [1.807, 2.05) is 6.92 Å². The highest BCUT2D eigenvalue weighted by Gasteiger charge is 2.10. The first-order valence-corrected chi connectivity index (χ1v) is 4.13. The molecule has 2 nitrogen and oxygen atoms in total. The van der Waals surface area contributed by atoms with E-state index in [4.69, 9.17) is 5.11 Å². The van der Waals surface area contributed by atoms with Crippen LogP contribution in [0.25, 0.3) is 0 Å². The van der Waals surface area contributed by atoms with Gasteiger partial charge in [-0.05, 0) is 18.3 Å². The van der Waals surface area contributed by atoms with Gasteiger partial charge in [0.05, 0.1) is 0 Å². The number of carbonyl (C=O) groups is 1. The molecule has 0 aromatic heterocycles. The zero-order chi connectivity index (χ0) is 8.85. The first-order chi connectivity index (χ1) is 5.06. The maximum absolute atomic E-state index is 10.3. The number of hydrogen-bond donors (Lipinski definition) is 1. The van der Waals surface area contributed by atoms with Crippen molar-refractivity contribution in [1.29, 1.82) is 0 Å². The summed E-state index contributed by atoms with van der Waals surface area (Å²) < 4.78 is 0. The van der Waals surface area contributed by atoms with Gasteiger partial charge in [0.25, 0.3) is 0 Å². The smallest absolute Gasteiger partial charge is 0.303 e. The van der Waals surface area contributed by atoms with Crippen LogP contribution in [0.4, 0.5) is 0 Å². The normalized spacial score (nSPS) is 15.9. The third kappa shape index (κ3) is 5.89. The largest absolute Gasteiger partial charge is 0.481 e. The second-order valence-corrected chi connectivity index (χ2v) is 3.15. The minimum atomic E-state index is -0.711. The summed E-state index contributed by atoms with van der Waals surface area (Å²) in [6.07, 6.45) is 3.45. The van der Waals surface area contributed by atoms with Crippen LogP contribution in [0.3, 0.4) is 0 Å². The number of carboxylic acids is 1. The van der Waals surface area contributed by atoms with E-state index in [0.29, 0.717) is 5.92 Å². The van der Waals surface area contributed by atoms with Crippen molar-refractivity contribution in [2.24, 2.45) is 11.8 Å². The Balaban J connectivity index is 3.51. The number of hydrogen-bond acceptors (Lipinski definition) is 1. The minimum absolute atomic E-state index is 0.197. The van der Waals surface area contributed by atoms with E-state index in [1.54, 1.807) is 0 Å². The molecule has 2 unspecified atom stereocenters. The lowest BCUT2D eigenvalue weighted by Gasteiger charge is -2.12. The zero-order valence-electron chi connectivity index (χ0n) is 7.50. The summed E-state index contributed by atoms with van der Waals surface area (Å²) >= 11 is 0. The van der Waals surface area contributed by atoms with Crippen molar-refractivity contribution in [1.82, 2.24) is 0 Å². The van der Waals surface area contributed by atoms with Gasteiger partial charge in [0.15, 0.2) is 0 Å². The van der Waals surface area contributed by atoms with Gasteiger partial charge in [0, 0.05) is 6.42 Å². The van der Waals surface area contributed by atoms with Crippen LogP contribution in [0.2, 0.25) is 0 Å². The molecule has 0 rings (SSSR count). The molecule has 2 heteroatoms. The highest BCUT2D eigenvalue weighted by atomic mass is 16.4. The van der Waals surface area contributed by atoms with Gasteiger partial charge in [0.1, 0.15) is 0 Å². The van der Waals surface area contributed by atoms with Gasteiger partial charge >= 0.3 is 5.97 Å². The van der Waals surface area contributed by atoms with E-state index in [1.165, 1.54) is 0 Å². The van der Waals surface area contributed by atoms with Crippen LogP contribution in [-0.4, -0.2) is 11.1 Å². The summed E-state index contributed by atoms with van der Waals surface area (Å²) in [5.74, 6) is 0.0175. The van der Waals surface area contributed by atoms with Gasteiger partial charge in [-0.1, -0.05) is 27.2 Å². The minimum Gasteiger partial charge on any atom is -0.481 e. The molecule has 0 saturated carbocycles. The quantitative estimate of drug-likeness (QED) is 0.665. The Bertz CT molecular complexity index is 121. The van der Waals surface area contributed by atoms with Crippen molar-refractivity contribution >= 4 is 5.97 Å². The number of rotatable bonds is 5. The summed E-state index contributed by atoms with van der Waals surface area (Å²) in [5.41, 5.74) is 0. The molecule has 1 N–H and O–H groups in total. The monoisotopic (exact) mass is 157 g/mol. The van der Waals surface area contributed by atoms with Gasteiger partial charge < -0.3 is 5.11 Å². The van der Waals surface area contributed by atoms with Crippen LogP contribution in [0, 0.1) is 18.3 Å². The molecule has 0 aliphatic rings. The summed E-state index contributed by atoms with van der Waals surface area (Å²) in [7, 11) is 0. The van der Waals surface area contributed by atoms with E-state index in [-0.39, 0.29) is 12.3 Å². The van der Waals surface area contributed by atoms with Gasteiger partial charge in [-0.15, -0.1) is 0 Å². The maximum Gasteiger partial charge on any atom is 0.303 e. The van der Waals surface area contributed by atoms with E-state index in [0.717, 1.165) is 6.42 Å². The predicted molar refractivity (Wildman–Crippen MR) is 45.2 cm³/mol. The van der Waals surface area contributed by atoms with E-state index in [9.17, 15) is 4.79 Å². The fraction of sp³-hybridized carbons (Fsp3) is 0.778. The Hall–Kier alpha value is -0.530. The summed E-state index contributed by atoms with van der Waals surface area (Å²) in [6.45, 7) is 6.16. The van der Waals surface area contributed by atoms with E-state index >= 15 is 0 Å². The molecule has 2 atom stereocenters. The lowest BCUT2D eigenvalue weighted by atomic mass is 9.93. The van der Waals surface area contributed by atoms with Crippen LogP contribution in [0.15, 0.2) is 0 Å². The first-order valence-electron chi connectivity index (χ1n) is 4.13. The molecule has 0 aliphatic heterocycles. The SMILES string of the molecule is CCC(C)[CH]C(C)CC(=O)O. The summed E-state index contributed by atoms with van der Waals surface area (Å²) in [4.78, 5) is 10.3. The zero-order valence-corrected chi connectivity index (χ0v) is 7.50. The molecule has 0 fully saturated rings. The molecular weight excluding hydrogens is 140 g/mol. The third-order valence-corrected chi connectivity index (χ3v) is 1.80. The maximum atomic E-state index is 10.3. The highest BCUT2D eigenvalue weighted by Crippen LogP contribution is 2.15. The van der Waals surface area contributed by atoms with E-state index in [2.05, 4.69) is 20.3 Å². The molecule has 11 heavy (non-hydrogen) atoms. The molecule has 0 aliphatic carbocycles. The number of carboxylic acid groups (broad SMARTS) is 1. The molecule has 1 radical (unpaired) electrons. The Kier molecular flexibility index (Phi) is 4.92. The molecule has 0 amide bonds. The van der Waals surface area contributed by atoms with Crippen molar-refractivity contribution in [3.8, 4) is 0 Å². The van der Waals surface area contributed by atoms with Crippen molar-refractivity contribution < 1.29 is 9.90 Å². The molecule has 65 valence electrons. The molecule has 0 aromatic rings. The Labute approximate surface area is 68.6 Å². The second kappa shape index (κ2) is 5.16. The molecule has 0 bridgehead atoms. The lowest BCUT2D eigenvalue weighted by molar-refractivity contribution is -0.137. The van der Waals surface area contributed by atoms with Crippen LogP contribution in [0.5, 0.6) is 0 Å². The average molecular weight is 157 g/mol. The Morgan fingerprint density at radius 3 is 2.36 bits per heavy atom. The van der Waals surface area contributed by atoms with Crippen LogP contribution < -0.4 is 0 Å². The Morgan fingerprint density at radius 2 is 2.00 bits per heavy atom. The van der Waals surface area contributed by atoms with Gasteiger partial charge in [0.2, 0.25) is 0 Å². The molecular formula is C9H17O2. The predicted octanol–water partition coefficient (Wildman–Crippen LogP) is 2.35. The number of aliphatic carboxylic acids is 1. The molecule has 0 aromatic carbocycles. The second-order valence-electron chi connectivity index (χ2n) is 3.15. The van der Waals surface area contributed by atoms with Gasteiger partial charge in [-0.25, -0.2) is 0 Å². The van der Waals surface area contributed by atoms with Crippen molar-refractivity contribution in [2.75, 3.05) is 0 Å². The fourth-order valence-electron chi connectivity index (χ4n) is 1.04. The van der Waals surface area contributed by atoms with Gasteiger partial charge in [-0.2, -0.15) is 0 Å². The van der Waals surface area contributed by atoms with E-state index < -0.39 is 5.97 Å². The van der Waals surface area contributed by atoms with Crippen LogP contribution in [-0.2, 0) is 4.79 Å². The summed E-state index contributed by atoms with van der Waals surface area (Å²) in [5, 5.41) is 8.45.